The third-order valence-electron chi connectivity index (χ3n) is 5.13. The van der Waals surface area contributed by atoms with Gasteiger partial charge >= 0.3 is 12.1 Å². The third kappa shape index (κ3) is 10.1. The van der Waals surface area contributed by atoms with Crippen LogP contribution in [0.25, 0.3) is 0 Å². The summed E-state index contributed by atoms with van der Waals surface area (Å²) in [4.78, 5) is 16.7. The van der Waals surface area contributed by atoms with Gasteiger partial charge in [-0.05, 0) is 35.7 Å². The van der Waals surface area contributed by atoms with E-state index in [1.807, 2.05) is 24.3 Å². The van der Waals surface area contributed by atoms with Crippen molar-refractivity contribution in [2.24, 2.45) is 0 Å². The van der Waals surface area contributed by atoms with Crippen LogP contribution in [0.3, 0.4) is 0 Å². The fraction of sp³-hybridized carbons (Fsp3) is 0.444. The van der Waals surface area contributed by atoms with Gasteiger partial charge in [0.15, 0.2) is 0 Å². The van der Waals surface area contributed by atoms with Crippen LogP contribution in [0.5, 0.6) is 0 Å². The first-order valence-corrected chi connectivity index (χ1v) is 11.5. The SMILES string of the molecule is CCCCCCCCC#Cc1ccc(CN(Cc2ccccc2C(F)(F)F)OC(C)=O)cc1. The molecule has 0 saturated heterocycles. The van der Waals surface area contributed by atoms with Crippen molar-refractivity contribution in [2.45, 2.75) is 78.1 Å². The fourth-order valence-corrected chi connectivity index (χ4v) is 3.48. The summed E-state index contributed by atoms with van der Waals surface area (Å²) in [5, 5.41) is 1.24. The number of unbranched alkanes of at least 4 members (excludes halogenated alkanes) is 6. The topological polar surface area (TPSA) is 29.5 Å². The zero-order valence-corrected chi connectivity index (χ0v) is 19.4. The van der Waals surface area contributed by atoms with E-state index in [4.69, 9.17) is 4.84 Å². The van der Waals surface area contributed by atoms with E-state index in [9.17, 15) is 18.0 Å². The van der Waals surface area contributed by atoms with Crippen LogP contribution in [0, 0.1) is 11.8 Å². The molecule has 0 aliphatic rings. The van der Waals surface area contributed by atoms with Crippen LogP contribution in [0.15, 0.2) is 48.5 Å². The molecule has 0 aromatic heterocycles. The van der Waals surface area contributed by atoms with Gasteiger partial charge in [0.2, 0.25) is 0 Å². The highest BCUT2D eigenvalue weighted by Gasteiger charge is 2.33. The molecule has 3 nitrogen and oxygen atoms in total. The molecule has 2 rings (SSSR count). The predicted octanol–water partition coefficient (Wildman–Crippen LogP) is 7.29. The normalized spacial score (nSPS) is 11.2. The smallest absolute Gasteiger partial charge is 0.368 e. The fourth-order valence-electron chi connectivity index (χ4n) is 3.48. The van der Waals surface area contributed by atoms with Gasteiger partial charge in [0.05, 0.1) is 18.7 Å². The Hall–Kier alpha value is -2.78. The lowest BCUT2D eigenvalue weighted by atomic mass is 10.1. The average molecular weight is 460 g/mol. The summed E-state index contributed by atoms with van der Waals surface area (Å²) in [6.07, 6.45) is 3.79. The van der Waals surface area contributed by atoms with Gasteiger partial charge in [-0.15, -0.1) is 5.06 Å². The van der Waals surface area contributed by atoms with Crippen molar-refractivity contribution in [3.63, 3.8) is 0 Å². The van der Waals surface area contributed by atoms with Crippen molar-refractivity contribution < 1.29 is 22.8 Å². The number of carbonyl (C=O) groups is 1. The lowest BCUT2D eigenvalue weighted by Gasteiger charge is -2.22. The largest absolute Gasteiger partial charge is 0.416 e. The Balaban J connectivity index is 1.96. The predicted molar refractivity (Wildman–Crippen MR) is 124 cm³/mol. The maximum absolute atomic E-state index is 13.3. The number of rotatable bonds is 11. The van der Waals surface area contributed by atoms with Gasteiger partial charge < -0.3 is 4.84 Å². The Morgan fingerprint density at radius 3 is 2.27 bits per heavy atom. The van der Waals surface area contributed by atoms with E-state index in [0.717, 1.165) is 30.0 Å². The average Bonchev–Trinajstić information content (AvgIpc) is 2.76. The Bertz CT molecular complexity index is 927. The van der Waals surface area contributed by atoms with Gasteiger partial charge in [-0.2, -0.15) is 13.2 Å². The highest BCUT2D eigenvalue weighted by atomic mass is 19.4. The first-order valence-electron chi connectivity index (χ1n) is 11.5. The van der Waals surface area contributed by atoms with Gasteiger partial charge in [-0.1, -0.05) is 81.2 Å². The first-order chi connectivity index (χ1) is 15.8. The molecule has 0 radical (unpaired) electrons. The molecule has 178 valence electrons. The zero-order chi connectivity index (χ0) is 24.1. The molecule has 0 amide bonds. The van der Waals surface area contributed by atoms with Crippen molar-refractivity contribution >= 4 is 5.97 Å². The van der Waals surface area contributed by atoms with E-state index >= 15 is 0 Å². The van der Waals surface area contributed by atoms with Crippen molar-refractivity contribution in [1.82, 2.24) is 5.06 Å². The number of nitrogens with zero attached hydrogens (tertiary/aromatic N) is 1. The molecule has 0 saturated carbocycles. The molecule has 0 aliphatic carbocycles. The number of hydroxylamine groups is 2. The molecule has 0 atom stereocenters. The molecule has 6 heteroatoms. The quantitative estimate of drug-likeness (QED) is 0.201. The van der Waals surface area contributed by atoms with Crippen LogP contribution < -0.4 is 0 Å². The van der Waals surface area contributed by atoms with Crippen LogP contribution in [0.2, 0.25) is 0 Å². The molecule has 0 unspecified atom stereocenters. The summed E-state index contributed by atoms with van der Waals surface area (Å²) in [5.41, 5.74) is 0.995. The molecule has 0 aliphatic heterocycles. The van der Waals surface area contributed by atoms with Gasteiger partial charge in [0.25, 0.3) is 0 Å². The number of benzene rings is 2. The Morgan fingerprint density at radius 1 is 0.939 bits per heavy atom. The summed E-state index contributed by atoms with van der Waals surface area (Å²) in [6.45, 7) is 3.43. The summed E-state index contributed by atoms with van der Waals surface area (Å²) in [6, 6.07) is 12.7. The third-order valence-corrected chi connectivity index (χ3v) is 5.13. The molecule has 0 heterocycles. The molecule has 2 aromatic rings. The van der Waals surface area contributed by atoms with E-state index in [0.29, 0.717) is 0 Å². The van der Waals surface area contributed by atoms with Gasteiger partial charge in [-0.3, -0.25) is 4.79 Å². The monoisotopic (exact) mass is 459 g/mol. The minimum absolute atomic E-state index is 0.0448. The van der Waals surface area contributed by atoms with E-state index < -0.39 is 17.7 Å². The van der Waals surface area contributed by atoms with Gasteiger partial charge in [-0.25, -0.2) is 0 Å². The molecule has 0 bridgehead atoms. The van der Waals surface area contributed by atoms with Crippen LogP contribution in [0.1, 0.15) is 81.0 Å². The Morgan fingerprint density at radius 2 is 1.61 bits per heavy atom. The highest BCUT2D eigenvalue weighted by Crippen LogP contribution is 2.32. The number of hydrogen-bond donors (Lipinski definition) is 0. The van der Waals surface area contributed by atoms with Crippen molar-refractivity contribution in [2.75, 3.05) is 0 Å². The van der Waals surface area contributed by atoms with Gasteiger partial charge in [0, 0.05) is 18.9 Å². The number of halogens is 3. The first kappa shape index (κ1) is 26.5. The molecule has 0 spiro atoms. The van der Waals surface area contributed by atoms with Crippen molar-refractivity contribution in [3.8, 4) is 11.8 Å². The maximum Gasteiger partial charge on any atom is 0.416 e. The summed E-state index contributed by atoms with van der Waals surface area (Å²) < 4.78 is 39.9. The second kappa shape index (κ2) is 13.7. The standard InChI is InChI=1S/C27H32F3NO2/c1-3-4-5-6-7-8-9-10-13-23-16-18-24(19-17-23)20-31(33-22(2)32)21-25-14-11-12-15-26(25)27(28,29)30/h11-12,14-19H,3-9,20-21H2,1-2H3. The Kier molecular flexibility index (Phi) is 11.0. The number of hydrogen-bond acceptors (Lipinski definition) is 3. The molecule has 33 heavy (non-hydrogen) atoms. The Labute approximate surface area is 194 Å². The van der Waals surface area contributed by atoms with E-state index in [-0.39, 0.29) is 18.7 Å². The molecule has 0 fully saturated rings. The molecular weight excluding hydrogens is 427 g/mol. The lowest BCUT2D eigenvalue weighted by molar-refractivity contribution is -0.194. The summed E-state index contributed by atoms with van der Waals surface area (Å²) in [5.74, 6) is 5.76. The minimum atomic E-state index is -4.48. The van der Waals surface area contributed by atoms with Crippen LogP contribution in [-0.4, -0.2) is 11.0 Å². The summed E-state index contributed by atoms with van der Waals surface area (Å²) >= 11 is 0. The number of alkyl halides is 3. The zero-order valence-electron chi connectivity index (χ0n) is 19.4. The maximum atomic E-state index is 13.3. The van der Waals surface area contributed by atoms with E-state index in [2.05, 4.69) is 18.8 Å². The van der Waals surface area contributed by atoms with E-state index in [1.54, 1.807) is 0 Å². The van der Waals surface area contributed by atoms with Crippen molar-refractivity contribution in [1.29, 1.82) is 0 Å². The van der Waals surface area contributed by atoms with Gasteiger partial charge in [0.1, 0.15) is 0 Å². The van der Waals surface area contributed by atoms with E-state index in [1.165, 1.54) is 62.3 Å². The highest BCUT2D eigenvalue weighted by molar-refractivity contribution is 5.65. The second-order valence-electron chi connectivity index (χ2n) is 8.05. The summed E-state index contributed by atoms with van der Waals surface area (Å²) in [7, 11) is 0. The van der Waals surface area contributed by atoms with Crippen molar-refractivity contribution in [3.05, 3.63) is 70.8 Å². The molecular formula is C27H32F3NO2. The van der Waals surface area contributed by atoms with Crippen LogP contribution in [-0.2, 0) is 28.9 Å². The lowest BCUT2D eigenvalue weighted by Crippen LogP contribution is -2.27. The van der Waals surface area contributed by atoms with Crippen LogP contribution >= 0.6 is 0 Å². The minimum Gasteiger partial charge on any atom is -0.368 e. The molecule has 0 N–H and O–H groups in total. The molecule has 2 aromatic carbocycles. The second-order valence-corrected chi connectivity index (χ2v) is 8.05. The number of carbonyl (C=O) groups excluding carboxylic acids is 1. The van der Waals surface area contributed by atoms with Crippen LogP contribution in [0.4, 0.5) is 13.2 Å².